The molecule has 0 N–H and O–H groups in total. The molecule has 0 unspecified atom stereocenters. The SMILES string of the molecule is c1ccc(-c2nc(-c3ccc(-n4c5cc6ccccc6cc5c5c6ccccc6ccc54)c(-c4ccc5ccccc5c4)c3)nc(-c3ccc4ccccc4c3)n2)cc1. The van der Waals surface area contributed by atoms with Crippen LogP contribution in [0.5, 0.6) is 0 Å². The molecule has 0 atom stereocenters. The van der Waals surface area contributed by atoms with Crippen molar-refractivity contribution < 1.29 is 0 Å². The molecule has 0 aliphatic rings. The molecule has 2 aromatic heterocycles. The lowest BCUT2D eigenvalue weighted by Crippen LogP contribution is -2.02. The topological polar surface area (TPSA) is 43.6 Å². The van der Waals surface area contributed by atoms with Gasteiger partial charge in [-0.1, -0.05) is 158 Å². The van der Waals surface area contributed by atoms with Gasteiger partial charge in [-0.15, -0.1) is 0 Å². The van der Waals surface area contributed by atoms with Crippen molar-refractivity contribution in [2.24, 2.45) is 0 Å². The van der Waals surface area contributed by atoms with Gasteiger partial charge in [0, 0.05) is 33.0 Å². The molecule has 4 heteroatoms. The van der Waals surface area contributed by atoms with E-state index < -0.39 is 0 Å². The summed E-state index contributed by atoms with van der Waals surface area (Å²) in [7, 11) is 0. The summed E-state index contributed by atoms with van der Waals surface area (Å²) in [6, 6.07) is 73.7. The second-order valence-electron chi connectivity index (χ2n) is 15.3. The summed E-state index contributed by atoms with van der Waals surface area (Å²) in [6.45, 7) is 0. The Morgan fingerprint density at radius 2 is 0.780 bits per heavy atom. The molecule has 0 saturated heterocycles. The normalized spacial score (nSPS) is 11.7. The number of hydrogen-bond acceptors (Lipinski definition) is 3. The summed E-state index contributed by atoms with van der Waals surface area (Å²) in [5.74, 6) is 1.89. The number of fused-ring (bicyclic) bond motifs is 8. The van der Waals surface area contributed by atoms with Gasteiger partial charge in [0.15, 0.2) is 17.5 Å². The smallest absolute Gasteiger partial charge is 0.164 e. The molecule has 0 bridgehead atoms. The first-order chi connectivity index (χ1) is 29.2. The largest absolute Gasteiger partial charge is 0.309 e. The van der Waals surface area contributed by atoms with Crippen molar-refractivity contribution in [3.63, 3.8) is 0 Å². The highest BCUT2D eigenvalue weighted by Crippen LogP contribution is 2.42. The molecule has 4 nitrogen and oxygen atoms in total. The van der Waals surface area contributed by atoms with Crippen LogP contribution in [0, 0.1) is 0 Å². The minimum atomic E-state index is 0.620. The minimum absolute atomic E-state index is 0.620. The van der Waals surface area contributed by atoms with Gasteiger partial charge in [-0.25, -0.2) is 15.0 Å². The van der Waals surface area contributed by atoms with Crippen LogP contribution >= 0.6 is 0 Å². The van der Waals surface area contributed by atoms with Crippen LogP contribution in [0.4, 0.5) is 0 Å². The third-order valence-electron chi connectivity index (χ3n) is 11.8. The Morgan fingerprint density at radius 3 is 1.47 bits per heavy atom. The van der Waals surface area contributed by atoms with Gasteiger partial charge in [0.2, 0.25) is 0 Å². The molecule has 59 heavy (non-hydrogen) atoms. The summed E-state index contributed by atoms with van der Waals surface area (Å²) < 4.78 is 2.46. The third kappa shape index (κ3) is 5.57. The van der Waals surface area contributed by atoms with E-state index in [9.17, 15) is 0 Å². The lowest BCUT2D eigenvalue weighted by atomic mass is 9.97. The molecule has 0 amide bonds. The fraction of sp³-hybridized carbons (Fsp3) is 0. The Balaban J connectivity index is 1.14. The van der Waals surface area contributed by atoms with Crippen molar-refractivity contribution in [2.75, 3.05) is 0 Å². The maximum atomic E-state index is 5.22. The number of hydrogen-bond donors (Lipinski definition) is 0. The average molecular weight is 751 g/mol. The first kappa shape index (κ1) is 33.2. The highest BCUT2D eigenvalue weighted by molar-refractivity contribution is 6.23. The van der Waals surface area contributed by atoms with Crippen molar-refractivity contribution in [3.8, 4) is 51.0 Å². The molecule has 12 aromatic rings. The van der Waals surface area contributed by atoms with Crippen LogP contribution in [0.1, 0.15) is 0 Å². The highest BCUT2D eigenvalue weighted by atomic mass is 15.0. The molecule has 0 aliphatic carbocycles. The zero-order valence-electron chi connectivity index (χ0n) is 31.9. The van der Waals surface area contributed by atoms with Crippen LogP contribution < -0.4 is 0 Å². The second-order valence-corrected chi connectivity index (χ2v) is 15.3. The van der Waals surface area contributed by atoms with Gasteiger partial charge >= 0.3 is 0 Å². The summed E-state index contributed by atoms with van der Waals surface area (Å²) in [6.07, 6.45) is 0. The van der Waals surface area contributed by atoms with Crippen molar-refractivity contribution in [3.05, 3.63) is 206 Å². The fourth-order valence-electron chi connectivity index (χ4n) is 8.87. The van der Waals surface area contributed by atoms with Crippen LogP contribution in [-0.2, 0) is 0 Å². The van der Waals surface area contributed by atoms with Gasteiger partial charge in [0.25, 0.3) is 0 Å². The molecule has 0 radical (unpaired) electrons. The molecular weight excluding hydrogens is 717 g/mol. The maximum Gasteiger partial charge on any atom is 0.164 e. The van der Waals surface area contributed by atoms with E-state index >= 15 is 0 Å². The third-order valence-corrected chi connectivity index (χ3v) is 11.8. The van der Waals surface area contributed by atoms with Crippen LogP contribution in [0.3, 0.4) is 0 Å². The van der Waals surface area contributed by atoms with Gasteiger partial charge in [-0.2, -0.15) is 0 Å². The van der Waals surface area contributed by atoms with Gasteiger partial charge in [0.05, 0.1) is 16.7 Å². The number of rotatable bonds is 5. The van der Waals surface area contributed by atoms with Crippen molar-refractivity contribution in [1.29, 1.82) is 0 Å². The Kier molecular flexibility index (Phi) is 7.50. The van der Waals surface area contributed by atoms with E-state index in [2.05, 4.69) is 193 Å². The lowest BCUT2D eigenvalue weighted by molar-refractivity contribution is 1.07. The van der Waals surface area contributed by atoms with E-state index in [0.29, 0.717) is 17.5 Å². The summed E-state index contributed by atoms with van der Waals surface area (Å²) in [5.41, 5.74) is 8.40. The highest BCUT2D eigenvalue weighted by Gasteiger charge is 2.21. The number of aromatic nitrogens is 4. The maximum absolute atomic E-state index is 5.22. The molecule has 12 rings (SSSR count). The Labute approximate surface area is 340 Å². The van der Waals surface area contributed by atoms with Crippen LogP contribution in [-0.4, -0.2) is 19.5 Å². The van der Waals surface area contributed by atoms with E-state index in [-0.39, 0.29) is 0 Å². The average Bonchev–Trinajstić information content (AvgIpc) is 3.63. The minimum Gasteiger partial charge on any atom is -0.309 e. The molecule has 10 aromatic carbocycles. The summed E-state index contributed by atoms with van der Waals surface area (Å²) >= 11 is 0. The first-order valence-corrected chi connectivity index (χ1v) is 20.0. The molecule has 274 valence electrons. The van der Waals surface area contributed by atoms with Crippen molar-refractivity contribution in [2.45, 2.75) is 0 Å². The van der Waals surface area contributed by atoms with E-state index in [1.54, 1.807) is 0 Å². The molecular formula is C55H34N4. The fourth-order valence-corrected chi connectivity index (χ4v) is 8.87. The summed E-state index contributed by atoms with van der Waals surface area (Å²) in [5, 5.41) is 12.1. The zero-order valence-corrected chi connectivity index (χ0v) is 31.9. The Bertz CT molecular complexity index is 3620. The van der Waals surface area contributed by atoms with E-state index in [0.717, 1.165) is 49.9 Å². The van der Waals surface area contributed by atoms with E-state index in [1.165, 1.54) is 48.5 Å². The van der Waals surface area contributed by atoms with Crippen molar-refractivity contribution >= 4 is 64.9 Å². The number of benzene rings is 10. The zero-order chi connectivity index (χ0) is 38.9. The predicted octanol–water partition coefficient (Wildman–Crippen LogP) is 14.2. The molecule has 0 fully saturated rings. The monoisotopic (exact) mass is 750 g/mol. The standard InChI is InChI=1S/C55H34N4/c1-2-15-38(16-3-1)53-56-54(44-25-23-36-13-5-7-18-40(36)31-44)58-55(57-53)45-27-28-49(47(33-45)43-24-22-35-12-4-6-17-39(35)30-43)59-50-29-26-37-14-10-11-21-46(37)52(50)48-32-41-19-8-9-20-42(41)34-51(48)59/h1-34H. The predicted molar refractivity (Wildman–Crippen MR) is 246 cm³/mol. The second kappa shape index (κ2) is 13.3. The van der Waals surface area contributed by atoms with Crippen molar-refractivity contribution in [1.82, 2.24) is 19.5 Å². The van der Waals surface area contributed by atoms with E-state index in [4.69, 9.17) is 15.0 Å². The van der Waals surface area contributed by atoms with Crippen LogP contribution in [0.2, 0.25) is 0 Å². The van der Waals surface area contributed by atoms with Gasteiger partial charge < -0.3 is 4.57 Å². The quantitative estimate of drug-likeness (QED) is 0.176. The van der Waals surface area contributed by atoms with Gasteiger partial charge in [0.1, 0.15) is 0 Å². The molecule has 2 heterocycles. The van der Waals surface area contributed by atoms with Crippen LogP contribution in [0.25, 0.3) is 116 Å². The molecule has 0 aliphatic heterocycles. The Morgan fingerprint density at radius 1 is 0.288 bits per heavy atom. The Hall–Kier alpha value is -7.95. The first-order valence-electron chi connectivity index (χ1n) is 20.0. The number of nitrogens with zero attached hydrogens (tertiary/aromatic N) is 4. The van der Waals surface area contributed by atoms with E-state index in [1.807, 2.05) is 18.2 Å². The van der Waals surface area contributed by atoms with Gasteiger partial charge in [-0.3, -0.25) is 0 Å². The summed E-state index contributed by atoms with van der Waals surface area (Å²) in [4.78, 5) is 15.5. The lowest BCUT2D eigenvalue weighted by Gasteiger charge is -2.17. The van der Waals surface area contributed by atoms with Crippen LogP contribution in [0.15, 0.2) is 206 Å². The molecule has 0 spiro atoms. The van der Waals surface area contributed by atoms with Gasteiger partial charge in [-0.05, 0) is 97.2 Å². The molecule has 0 saturated carbocycles.